The summed E-state index contributed by atoms with van der Waals surface area (Å²) in [4.78, 5) is 0. The van der Waals surface area contributed by atoms with Gasteiger partial charge in [-0.05, 0) is 78.4 Å². The average molecular weight is 360 g/mol. The highest BCUT2D eigenvalue weighted by Crippen LogP contribution is 2.28. The van der Waals surface area contributed by atoms with Gasteiger partial charge >= 0.3 is 0 Å². The molecule has 0 aliphatic rings. The lowest BCUT2D eigenvalue weighted by Gasteiger charge is -2.11. The number of hydrogen-bond acceptors (Lipinski definition) is 1. The van der Waals surface area contributed by atoms with Crippen LogP contribution in [0.2, 0.25) is 0 Å². The number of aromatic hydroxyl groups is 1. The molecule has 0 bridgehead atoms. The molecule has 5 heteroatoms. The van der Waals surface area contributed by atoms with E-state index in [0.717, 1.165) is 12.1 Å². The summed E-state index contributed by atoms with van der Waals surface area (Å²) in [5.74, 6) is -3.35. The summed E-state index contributed by atoms with van der Waals surface area (Å²) in [7, 11) is 0. The highest BCUT2D eigenvalue weighted by Gasteiger charge is 2.15. The van der Waals surface area contributed by atoms with Crippen molar-refractivity contribution in [1.29, 1.82) is 0 Å². The molecule has 0 aromatic heterocycles. The predicted molar refractivity (Wildman–Crippen MR) is 92.0 cm³/mol. The second-order valence-corrected chi connectivity index (χ2v) is 6.14. The van der Waals surface area contributed by atoms with E-state index in [1.165, 1.54) is 12.1 Å². The van der Waals surface area contributed by atoms with Crippen molar-refractivity contribution in [3.05, 3.63) is 88.5 Å². The smallest absolute Gasteiger partial charge is 0.170 e. The second-order valence-electron chi connectivity index (χ2n) is 6.14. The molecule has 0 aliphatic heterocycles. The molecular formula is C21H16F4O. The topological polar surface area (TPSA) is 20.2 Å². The van der Waals surface area contributed by atoms with Gasteiger partial charge in [0, 0.05) is 5.56 Å². The van der Waals surface area contributed by atoms with Crippen molar-refractivity contribution in [2.45, 2.75) is 19.8 Å². The Balaban J connectivity index is 1.95. The van der Waals surface area contributed by atoms with Gasteiger partial charge in [0.1, 0.15) is 17.5 Å². The molecule has 26 heavy (non-hydrogen) atoms. The van der Waals surface area contributed by atoms with E-state index in [9.17, 15) is 22.7 Å². The van der Waals surface area contributed by atoms with Crippen molar-refractivity contribution >= 4 is 0 Å². The zero-order chi connectivity index (χ0) is 18.8. The van der Waals surface area contributed by atoms with Crippen molar-refractivity contribution in [3.63, 3.8) is 0 Å². The Morgan fingerprint density at radius 2 is 1.58 bits per heavy atom. The zero-order valence-electron chi connectivity index (χ0n) is 14.0. The van der Waals surface area contributed by atoms with Gasteiger partial charge in [0.05, 0.1) is 0 Å². The van der Waals surface area contributed by atoms with Crippen LogP contribution in [0.3, 0.4) is 0 Å². The van der Waals surface area contributed by atoms with E-state index < -0.39 is 29.0 Å². The number of phenols is 1. The first-order valence-electron chi connectivity index (χ1n) is 8.07. The summed E-state index contributed by atoms with van der Waals surface area (Å²) >= 11 is 0. The fourth-order valence-electron chi connectivity index (χ4n) is 2.93. The Morgan fingerprint density at radius 3 is 2.31 bits per heavy atom. The maximum Gasteiger partial charge on any atom is 0.170 e. The van der Waals surface area contributed by atoms with E-state index in [0.29, 0.717) is 16.7 Å². The monoisotopic (exact) mass is 360 g/mol. The summed E-state index contributed by atoms with van der Waals surface area (Å²) < 4.78 is 55.6. The molecule has 0 atom stereocenters. The van der Waals surface area contributed by atoms with Gasteiger partial charge in [-0.2, -0.15) is 0 Å². The molecule has 3 aromatic carbocycles. The molecule has 0 heterocycles. The Labute approximate surface area is 148 Å². The minimum Gasteiger partial charge on any atom is -0.505 e. The van der Waals surface area contributed by atoms with E-state index in [-0.39, 0.29) is 24.0 Å². The highest BCUT2D eigenvalue weighted by atomic mass is 19.1. The van der Waals surface area contributed by atoms with Gasteiger partial charge in [0.2, 0.25) is 0 Å². The minimum atomic E-state index is -1.04. The van der Waals surface area contributed by atoms with Crippen LogP contribution in [-0.2, 0) is 12.8 Å². The summed E-state index contributed by atoms with van der Waals surface area (Å²) in [6.07, 6.45) is -0.0812. The highest BCUT2D eigenvalue weighted by molar-refractivity contribution is 5.65. The molecule has 0 aliphatic carbocycles. The van der Waals surface area contributed by atoms with E-state index in [4.69, 9.17) is 0 Å². The first kappa shape index (κ1) is 18.0. The molecule has 0 saturated heterocycles. The molecule has 134 valence electrons. The first-order chi connectivity index (χ1) is 12.4. The standard InChI is InChI=1S/C21H16F4O/c1-12-9-15(13-3-2-4-16(22)11-13)10-14(20(12)24)5-6-17-18(23)7-8-19(26)21(17)25/h2-4,7-11,26H,5-6H2,1H3. The molecule has 1 N–H and O–H groups in total. The second kappa shape index (κ2) is 7.20. The van der Waals surface area contributed by atoms with Gasteiger partial charge in [-0.15, -0.1) is 0 Å². The normalized spacial score (nSPS) is 11.0. The lowest BCUT2D eigenvalue weighted by molar-refractivity contribution is 0.421. The Bertz CT molecular complexity index is 966. The van der Waals surface area contributed by atoms with Gasteiger partial charge < -0.3 is 5.11 Å². The quantitative estimate of drug-likeness (QED) is 0.591. The lowest BCUT2D eigenvalue weighted by Crippen LogP contribution is -2.02. The first-order valence-corrected chi connectivity index (χ1v) is 8.07. The van der Waals surface area contributed by atoms with Crippen molar-refractivity contribution in [3.8, 4) is 16.9 Å². The molecular weight excluding hydrogens is 344 g/mol. The summed E-state index contributed by atoms with van der Waals surface area (Å²) in [5.41, 5.74) is 1.54. The van der Waals surface area contributed by atoms with Crippen LogP contribution in [0.4, 0.5) is 17.6 Å². The van der Waals surface area contributed by atoms with E-state index in [1.807, 2.05) is 0 Å². The third-order valence-electron chi connectivity index (χ3n) is 4.30. The number of phenolic OH excluding ortho intramolecular Hbond substituents is 1. The number of rotatable bonds is 4. The van der Waals surface area contributed by atoms with Gasteiger partial charge in [-0.1, -0.05) is 12.1 Å². The van der Waals surface area contributed by atoms with Crippen molar-refractivity contribution in [1.82, 2.24) is 0 Å². The lowest BCUT2D eigenvalue weighted by atomic mass is 9.96. The van der Waals surface area contributed by atoms with Crippen LogP contribution in [0.25, 0.3) is 11.1 Å². The molecule has 3 rings (SSSR count). The maximum atomic E-state index is 14.4. The van der Waals surface area contributed by atoms with Crippen LogP contribution >= 0.6 is 0 Å². The fourth-order valence-corrected chi connectivity index (χ4v) is 2.93. The predicted octanol–water partition coefficient (Wildman–Crippen LogP) is 5.71. The molecule has 0 fully saturated rings. The average Bonchev–Trinajstić information content (AvgIpc) is 2.61. The minimum absolute atomic E-state index is 0.0348. The van der Waals surface area contributed by atoms with Crippen molar-refractivity contribution in [2.24, 2.45) is 0 Å². The van der Waals surface area contributed by atoms with Crippen LogP contribution in [-0.4, -0.2) is 5.11 Å². The van der Waals surface area contributed by atoms with Crippen LogP contribution in [0.1, 0.15) is 16.7 Å². The summed E-state index contributed by atoms with van der Waals surface area (Å²) in [6.45, 7) is 1.58. The van der Waals surface area contributed by atoms with Gasteiger partial charge in [-0.3, -0.25) is 0 Å². The van der Waals surface area contributed by atoms with Gasteiger partial charge in [0.15, 0.2) is 11.6 Å². The van der Waals surface area contributed by atoms with Crippen LogP contribution < -0.4 is 0 Å². The molecule has 0 unspecified atom stereocenters. The van der Waals surface area contributed by atoms with Crippen LogP contribution in [0.5, 0.6) is 5.75 Å². The largest absolute Gasteiger partial charge is 0.505 e. The number of aryl methyl sites for hydroxylation is 2. The molecule has 3 aromatic rings. The zero-order valence-corrected chi connectivity index (χ0v) is 14.0. The third-order valence-corrected chi connectivity index (χ3v) is 4.30. The van der Waals surface area contributed by atoms with E-state index >= 15 is 0 Å². The third kappa shape index (κ3) is 3.57. The van der Waals surface area contributed by atoms with E-state index in [2.05, 4.69) is 0 Å². The van der Waals surface area contributed by atoms with Crippen molar-refractivity contribution < 1.29 is 22.7 Å². The molecule has 0 radical (unpaired) electrons. The number of benzene rings is 3. The summed E-state index contributed by atoms with van der Waals surface area (Å²) in [5, 5.41) is 9.39. The Kier molecular flexibility index (Phi) is 4.98. The van der Waals surface area contributed by atoms with Crippen LogP contribution in [0, 0.1) is 30.2 Å². The Hall–Kier alpha value is -2.82. The molecule has 0 saturated carbocycles. The molecule has 0 amide bonds. The van der Waals surface area contributed by atoms with Crippen molar-refractivity contribution in [2.75, 3.05) is 0 Å². The van der Waals surface area contributed by atoms with Gasteiger partial charge in [-0.25, -0.2) is 17.6 Å². The van der Waals surface area contributed by atoms with Gasteiger partial charge in [0.25, 0.3) is 0 Å². The number of halogens is 4. The maximum absolute atomic E-state index is 14.4. The van der Waals surface area contributed by atoms with E-state index in [1.54, 1.807) is 31.2 Å². The molecule has 1 nitrogen and oxygen atoms in total. The fraction of sp³-hybridized carbons (Fsp3) is 0.143. The molecule has 0 spiro atoms. The summed E-state index contributed by atoms with van der Waals surface area (Å²) in [6, 6.07) is 11.0. The SMILES string of the molecule is Cc1cc(-c2cccc(F)c2)cc(CCc2c(F)ccc(O)c2F)c1F. The Morgan fingerprint density at radius 1 is 0.808 bits per heavy atom. The number of hydrogen-bond donors (Lipinski definition) is 1. The van der Waals surface area contributed by atoms with Crippen LogP contribution in [0.15, 0.2) is 48.5 Å².